The summed E-state index contributed by atoms with van der Waals surface area (Å²) >= 11 is 0. The first-order chi connectivity index (χ1) is 11.3. The van der Waals surface area contributed by atoms with Crippen molar-refractivity contribution >= 4 is 22.9 Å². The Hall–Kier alpha value is -3.08. The molecule has 5 rings (SSSR count). The van der Waals surface area contributed by atoms with Gasteiger partial charge in [-0.1, -0.05) is 0 Å². The number of hydrogen-bond acceptors (Lipinski definition) is 4. The third-order valence-electron chi connectivity index (χ3n) is 4.33. The molecule has 2 aliphatic rings. The van der Waals surface area contributed by atoms with Crippen LogP contribution in [0.3, 0.4) is 0 Å². The van der Waals surface area contributed by atoms with E-state index in [2.05, 4.69) is 9.97 Å². The number of ether oxygens (including phenoxy) is 2. The number of allylic oxidation sites excluding steroid dienone is 1. The van der Waals surface area contributed by atoms with E-state index in [9.17, 15) is 4.79 Å². The van der Waals surface area contributed by atoms with E-state index in [1.54, 1.807) is 12.3 Å². The van der Waals surface area contributed by atoms with Gasteiger partial charge >= 0.3 is 0 Å². The van der Waals surface area contributed by atoms with Gasteiger partial charge in [0.05, 0.1) is 0 Å². The summed E-state index contributed by atoms with van der Waals surface area (Å²) in [5.41, 5.74) is 4.27. The molecule has 23 heavy (non-hydrogen) atoms. The lowest BCUT2D eigenvalue weighted by Crippen LogP contribution is -1.96. The number of aromatic amines is 1. The number of carbonyl (C=O) groups excluding carboxylic acids is 1. The van der Waals surface area contributed by atoms with E-state index in [1.165, 1.54) is 0 Å². The lowest BCUT2D eigenvalue weighted by Gasteiger charge is -1.99. The van der Waals surface area contributed by atoms with E-state index < -0.39 is 0 Å². The summed E-state index contributed by atoms with van der Waals surface area (Å²) in [7, 11) is 0. The maximum atomic E-state index is 12.7. The molecule has 0 unspecified atom stereocenters. The highest BCUT2D eigenvalue weighted by molar-refractivity contribution is 6.16. The Morgan fingerprint density at radius 3 is 3.00 bits per heavy atom. The summed E-state index contributed by atoms with van der Waals surface area (Å²) < 4.78 is 10.8. The van der Waals surface area contributed by atoms with E-state index in [1.807, 2.05) is 30.5 Å². The van der Waals surface area contributed by atoms with Gasteiger partial charge in [-0.2, -0.15) is 0 Å². The molecule has 1 aliphatic heterocycles. The number of rotatable bonds is 1. The average molecular weight is 304 g/mol. The minimum Gasteiger partial charge on any atom is -0.454 e. The monoisotopic (exact) mass is 304 g/mol. The minimum atomic E-state index is 0.0524. The molecule has 0 fully saturated rings. The largest absolute Gasteiger partial charge is 0.454 e. The van der Waals surface area contributed by atoms with Crippen LogP contribution < -0.4 is 9.47 Å². The number of Topliss-reactive ketones (excluding diaryl/α,β-unsaturated/α-hetero) is 1. The van der Waals surface area contributed by atoms with Crippen LogP contribution in [0, 0.1) is 0 Å². The summed E-state index contributed by atoms with van der Waals surface area (Å²) in [6.45, 7) is 0.220. The summed E-state index contributed by atoms with van der Waals surface area (Å²) in [6.07, 6.45) is 6.18. The Morgan fingerprint density at radius 2 is 2.09 bits per heavy atom. The van der Waals surface area contributed by atoms with Crippen molar-refractivity contribution in [2.45, 2.75) is 6.42 Å². The SMILES string of the molecule is O=C1/C(=C/c2c[nH]c3ncccc23)Cc2cc3c(cc21)OCO3. The molecule has 0 amide bonds. The molecule has 1 N–H and O–H groups in total. The Balaban J connectivity index is 1.59. The zero-order chi connectivity index (χ0) is 15.4. The molecule has 0 atom stereocenters. The number of benzene rings is 1. The smallest absolute Gasteiger partial charge is 0.231 e. The molecule has 1 aromatic carbocycles. The molecule has 0 saturated heterocycles. The zero-order valence-corrected chi connectivity index (χ0v) is 12.1. The Morgan fingerprint density at radius 1 is 1.22 bits per heavy atom. The molecule has 0 bridgehead atoms. The first-order valence-electron chi connectivity index (χ1n) is 7.39. The van der Waals surface area contributed by atoms with Crippen molar-refractivity contribution < 1.29 is 14.3 Å². The molecule has 3 aromatic rings. The van der Waals surface area contributed by atoms with E-state index in [4.69, 9.17) is 9.47 Å². The molecule has 1 aliphatic carbocycles. The van der Waals surface area contributed by atoms with Crippen LogP contribution >= 0.6 is 0 Å². The fourth-order valence-electron chi connectivity index (χ4n) is 3.20. The number of hydrogen-bond donors (Lipinski definition) is 1. The van der Waals surface area contributed by atoms with Gasteiger partial charge < -0.3 is 14.5 Å². The van der Waals surface area contributed by atoms with Crippen molar-refractivity contribution in [3.8, 4) is 11.5 Å². The molecule has 0 saturated carbocycles. The van der Waals surface area contributed by atoms with Gasteiger partial charge in [0.25, 0.3) is 0 Å². The second-order valence-electron chi connectivity index (χ2n) is 5.68. The van der Waals surface area contributed by atoms with Crippen LogP contribution in [0.5, 0.6) is 11.5 Å². The van der Waals surface area contributed by atoms with Crippen molar-refractivity contribution in [3.63, 3.8) is 0 Å². The second kappa shape index (κ2) is 4.46. The van der Waals surface area contributed by atoms with Crippen molar-refractivity contribution in [3.05, 3.63) is 58.9 Å². The summed E-state index contributed by atoms with van der Waals surface area (Å²) in [5, 5.41) is 1.01. The fourth-order valence-corrected chi connectivity index (χ4v) is 3.20. The van der Waals surface area contributed by atoms with Gasteiger partial charge in [-0.3, -0.25) is 4.79 Å². The maximum absolute atomic E-state index is 12.7. The van der Waals surface area contributed by atoms with E-state index in [0.717, 1.165) is 27.7 Å². The van der Waals surface area contributed by atoms with Crippen LogP contribution in [0.1, 0.15) is 21.5 Å². The first kappa shape index (κ1) is 12.5. The van der Waals surface area contributed by atoms with Gasteiger partial charge in [0.15, 0.2) is 17.3 Å². The van der Waals surface area contributed by atoms with Crippen LogP contribution in [0.15, 0.2) is 42.2 Å². The topological polar surface area (TPSA) is 64.2 Å². The molecule has 0 radical (unpaired) electrons. The number of fused-ring (bicyclic) bond motifs is 3. The van der Waals surface area contributed by atoms with Gasteiger partial charge in [0, 0.05) is 40.9 Å². The number of nitrogens with zero attached hydrogens (tertiary/aromatic N) is 1. The molecule has 0 spiro atoms. The predicted octanol–water partition coefficient (Wildman–Crippen LogP) is 3.11. The summed E-state index contributed by atoms with van der Waals surface area (Å²) in [6, 6.07) is 7.58. The number of H-pyrrole nitrogens is 1. The van der Waals surface area contributed by atoms with Crippen molar-refractivity contribution in [2.75, 3.05) is 6.79 Å². The van der Waals surface area contributed by atoms with E-state index in [-0.39, 0.29) is 12.6 Å². The van der Waals surface area contributed by atoms with Gasteiger partial charge in [-0.05, 0) is 35.9 Å². The minimum absolute atomic E-state index is 0.0524. The lowest BCUT2D eigenvalue weighted by atomic mass is 10.1. The molecule has 112 valence electrons. The summed E-state index contributed by atoms with van der Waals surface area (Å²) in [5.74, 6) is 1.42. The quantitative estimate of drug-likeness (QED) is 0.702. The van der Waals surface area contributed by atoms with Gasteiger partial charge in [0.1, 0.15) is 5.65 Å². The molecule has 5 heteroatoms. The maximum Gasteiger partial charge on any atom is 0.231 e. The first-order valence-corrected chi connectivity index (χ1v) is 7.39. The normalized spacial score (nSPS) is 17.2. The molecule has 2 aromatic heterocycles. The Labute approximate surface area is 131 Å². The zero-order valence-electron chi connectivity index (χ0n) is 12.1. The van der Waals surface area contributed by atoms with E-state index >= 15 is 0 Å². The van der Waals surface area contributed by atoms with Gasteiger partial charge in [-0.25, -0.2) is 4.98 Å². The van der Waals surface area contributed by atoms with Crippen molar-refractivity contribution in [2.24, 2.45) is 0 Å². The van der Waals surface area contributed by atoms with Gasteiger partial charge in [0.2, 0.25) is 6.79 Å². The number of carbonyl (C=O) groups is 1. The number of ketones is 1. The third-order valence-corrected chi connectivity index (χ3v) is 4.33. The van der Waals surface area contributed by atoms with Crippen LogP contribution in [-0.2, 0) is 6.42 Å². The summed E-state index contributed by atoms with van der Waals surface area (Å²) in [4.78, 5) is 20.1. The highest BCUT2D eigenvalue weighted by Gasteiger charge is 2.29. The van der Waals surface area contributed by atoms with Crippen LogP contribution in [-0.4, -0.2) is 22.5 Å². The average Bonchev–Trinajstić information content (AvgIpc) is 3.25. The number of pyridine rings is 1. The standard InChI is InChI=1S/C18H12N2O3/c21-17-11(5-12-8-20-18-13(12)2-1-3-19-18)4-10-6-15-16(7-14(10)17)23-9-22-15/h1-3,5-8H,4,9H2,(H,19,20)/b11-5+. The highest BCUT2D eigenvalue weighted by atomic mass is 16.7. The second-order valence-corrected chi connectivity index (χ2v) is 5.68. The fraction of sp³-hybridized carbons (Fsp3) is 0.111. The van der Waals surface area contributed by atoms with Crippen LogP contribution in [0.4, 0.5) is 0 Å². The van der Waals surface area contributed by atoms with E-state index in [0.29, 0.717) is 23.5 Å². The number of nitrogens with one attached hydrogen (secondary N) is 1. The third kappa shape index (κ3) is 1.80. The molecule has 5 nitrogen and oxygen atoms in total. The lowest BCUT2D eigenvalue weighted by molar-refractivity contribution is 0.104. The van der Waals surface area contributed by atoms with Crippen LogP contribution in [0.25, 0.3) is 17.1 Å². The molecular weight excluding hydrogens is 292 g/mol. The predicted molar refractivity (Wildman–Crippen MR) is 84.7 cm³/mol. The van der Waals surface area contributed by atoms with Crippen molar-refractivity contribution in [1.82, 2.24) is 9.97 Å². The van der Waals surface area contributed by atoms with Gasteiger partial charge in [-0.15, -0.1) is 0 Å². The Bertz CT molecular complexity index is 1000. The molecular formula is C18H12N2O3. The van der Waals surface area contributed by atoms with Crippen molar-refractivity contribution in [1.29, 1.82) is 0 Å². The number of aromatic nitrogens is 2. The molecule has 3 heterocycles. The highest BCUT2D eigenvalue weighted by Crippen LogP contribution is 2.39. The Kier molecular flexibility index (Phi) is 2.42. The van der Waals surface area contributed by atoms with Crippen LogP contribution in [0.2, 0.25) is 0 Å².